The molecule has 1 aromatic rings. The zero-order valence-corrected chi connectivity index (χ0v) is 12.5. The van der Waals surface area contributed by atoms with E-state index in [0.717, 1.165) is 12.0 Å². The van der Waals surface area contributed by atoms with Crippen LogP contribution in [0.2, 0.25) is 0 Å². The van der Waals surface area contributed by atoms with Crippen molar-refractivity contribution in [1.82, 2.24) is 5.32 Å². The number of halogens is 1. The average molecular weight is 295 g/mol. The Hall–Kier alpha value is -1.91. The fourth-order valence-electron chi connectivity index (χ4n) is 2.18. The summed E-state index contributed by atoms with van der Waals surface area (Å²) in [7, 11) is 0. The van der Waals surface area contributed by atoms with E-state index < -0.39 is 17.7 Å². The summed E-state index contributed by atoms with van der Waals surface area (Å²) >= 11 is 0. The second-order valence-corrected chi connectivity index (χ2v) is 5.23. The first kappa shape index (κ1) is 17.1. The third kappa shape index (κ3) is 5.94. The Morgan fingerprint density at radius 3 is 2.67 bits per heavy atom. The van der Waals surface area contributed by atoms with E-state index in [9.17, 15) is 14.0 Å². The maximum absolute atomic E-state index is 13.6. The van der Waals surface area contributed by atoms with Crippen LogP contribution in [0.4, 0.5) is 4.39 Å². The third-order valence-corrected chi connectivity index (χ3v) is 3.55. The molecule has 116 valence electrons. The summed E-state index contributed by atoms with van der Waals surface area (Å²) in [5, 5.41) is 11.4. The average Bonchev–Trinajstić information content (AvgIpc) is 2.44. The molecule has 1 aromatic carbocycles. The molecule has 21 heavy (non-hydrogen) atoms. The van der Waals surface area contributed by atoms with Gasteiger partial charge in [-0.1, -0.05) is 25.0 Å². The lowest BCUT2D eigenvalue weighted by molar-refractivity contribution is -0.137. The van der Waals surface area contributed by atoms with Crippen LogP contribution in [-0.2, 0) is 4.79 Å². The smallest absolute Gasteiger partial charge is 0.303 e. The summed E-state index contributed by atoms with van der Waals surface area (Å²) in [6.07, 6.45) is 2.30. The monoisotopic (exact) mass is 295 g/mol. The fourth-order valence-corrected chi connectivity index (χ4v) is 2.18. The van der Waals surface area contributed by atoms with E-state index in [1.54, 1.807) is 13.0 Å². The van der Waals surface area contributed by atoms with E-state index in [-0.39, 0.29) is 17.9 Å². The number of carboxylic acid groups (broad SMARTS) is 1. The van der Waals surface area contributed by atoms with Gasteiger partial charge < -0.3 is 10.4 Å². The van der Waals surface area contributed by atoms with Crippen LogP contribution in [-0.4, -0.2) is 23.5 Å². The number of aliphatic carboxylic acids is 1. The minimum absolute atomic E-state index is 0.0496. The van der Waals surface area contributed by atoms with Crippen LogP contribution in [0.5, 0.6) is 0 Å². The number of carboxylic acids is 1. The summed E-state index contributed by atoms with van der Waals surface area (Å²) in [6.45, 7) is 4.22. The van der Waals surface area contributed by atoms with E-state index in [0.29, 0.717) is 19.4 Å². The van der Waals surface area contributed by atoms with Gasteiger partial charge in [0.25, 0.3) is 5.91 Å². The number of aryl methyl sites for hydroxylation is 1. The van der Waals surface area contributed by atoms with Gasteiger partial charge in [-0.25, -0.2) is 4.39 Å². The van der Waals surface area contributed by atoms with Crippen molar-refractivity contribution >= 4 is 11.9 Å². The van der Waals surface area contributed by atoms with E-state index in [1.165, 1.54) is 12.1 Å². The highest BCUT2D eigenvalue weighted by atomic mass is 19.1. The van der Waals surface area contributed by atoms with E-state index in [4.69, 9.17) is 5.11 Å². The summed E-state index contributed by atoms with van der Waals surface area (Å²) in [5.74, 6) is -1.51. The summed E-state index contributed by atoms with van der Waals surface area (Å²) < 4.78 is 13.6. The zero-order chi connectivity index (χ0) is 15.8. The molecular formula is C16H22FNO3. The first-order valence-corrected chi connectivity index (χ1v) is 7.20. The fraction of sp³-hybridized carbons (Fsp3) is 0.500. The maximum atomic E-state index is 13.6. The highest BCUT2D eigenvalue weighted by Crippen LogP contribution is 2.15. The maximum Gasteiger partial charge on any atom is 0.303 e. The van der Waals surface area contributed by atoms with Crippen LogP contribution in [0.1, 0.15) is 48.5 Å². The normalized spacial score (nSPS) is 12.0. The molecule has 0 heterocycles. The Labute approximate surface area is 124 Å². The van der Waals surface area contributed by atoms with Crippen molar-refractivity contribution in [3.8, 4) is 0 Å². The van der Waals surface area contributed by atoms with Gasteiger partial charge in [0.15, 0.2) is 0 Å². The summed E-state index contributed by atoms with van der Waals surface area (Å²) in [4.78, 5) is 22.5. The first-order chi connectivity index (χ1) is 9.93. The van der Waals surface area contributed by atoms with Crippen LogP contribution in [0.3, 0.4) is 0 Å². The molecule has 0 fully saturated rings. The lowest BCUT2D eigenvalue weighted by atomic mass is 9.96. The molecule has 0 aliphatic carbocycles. The van der Waals surface area contributed by atoms with Gasteiger partial charge in [0.1, 0.15) is 5.82 Å². The molecule has 0 bridgehead atoms. The van der Waals surface area contributed by atoms with Crippen LogP contribution in [0.15, 0.2) is 18.2 Å². The number of carbonyl (C=O) groups is 2. The predicted molar refractivity (Wildman–Crippen MR) is 78.7 cm³/mol. The van der Waals surface area contributed by atoms with E-state index >= 15 is 0 Å². The molecule has 0 aliphatic rings. The number of hydrogen-bond donors (Lipinski definition) is 2. The molecule has 0 radical (unpaired) electrons. The van der Waals surface area contributed by atoms with Gasteiger partial charge in [0, 0.05) is 13.0 Å². The van der Waals surface area contributed by atoms with Crippen molar-refractivity contribution in [3.05, 3.63) is 35.1 Å². The van der Waals surface area contributed by atoms with Crippen LogP contribution in [0.25, 0.3) is 0 Å². The standard InChI is InChI=1S/C16H22FNO3/c1-3-12(5-7-15(19)20)8-9-18-16(21)13-10-11(2)4-6-14(13)17/h4,6,10,12H,3,5,7-9H2,1-2H3,(H,18,21)(H,19,20). The number of nitrogens with one attached hydrogen (secondary N) is 1. The Balaban J connectivity index is 2.45. The Kier molecular flexibility index (Phi) is 6.85. The molecule has 2 N–H and O–H groups in total. The summed E-state index contributed by atoms with van der Waals surface area (Å²) in [5.41, 5.74) is 0.878. The van der Waals surface area contributed by atoms with Gasteiger partial charge in [-0.15, -0.1) is 0 Å². The molecule has 1 atom stereocenters. The number of carbonyl (C=O) groups excluding carboxylic acids is 1. The van der Waals surface area contributed by atoms with Crippen molar-refractivity contribution in [2.24, 2.45) is 5.92 Å². The topological polar surface area (TPSA) is 66.4 Å². The second kappa shape index (κ2) is 8.39. The molecule has 4 nitrogen and oxygen atoms in total. The van der Waals surface area contributed by atoms with Crippen molar-refractivity contribution in [3.63, 3.8) is 0 Å². The number of amides is 1. The first-order valence-electron chi connectivity index (χ1n) is 7.20. The zero-order valence-electron chi connectivity index (χ0n) is 12.5. The predicted octanol–water partition coefficient (Wildman–Crippen LogP) is 3.15. The van der Waals surface area contributed by atoms with Crippen molar-refractivity contribution in [1.29, 1.82) is 0 Å². The molecule has 0 aromatic heterocycles. The van der Waals surface area contributed by atoms with Crippen LogP contribution in [0, 0.1) is 18.7 Å². The van der Waals surface area contributed by atoms with E-state index in [2.05, 4.69) is 5.32 Å². The Bertz CT molecular complexity index is 502. The quantitative estimate of drug-likeness (QED) is 0.774. The van der Waals surface area contributed by atoms with Gasteiger partial charge in [-0.2, -0.15) is 0 Å². The molecule has 1 amide bonds. The number of benzene rings is 1. The molecule has 1 unspecified atom stereocenters. The van der Waals surface area contributed by atoms with Crippen molar-refractivity contribution in [2.45, 2.75) is 39.5 Å². The minimum Gasteiger partial charge on any atom is -0.481 e. The highest BCUT2D eigenvalue weighted by molar-refractivity contribution is 5.94. The molecule has 0 aliphatic heterocycles. The van der Waals surface area contributed by atoms with Gasteiger partial charge in [0.05, 0.1) is 5.56 Å². The lowest BCUT2D eigenvalue weighted by Gasteiger charge is -2.14. The molecule has 0 spiro atoms. The molecular weight excluding hydrogens is 273 g/mol. The van der Waals surface area contributed by atoms with Gasteiger partial charge >= 0.3 is 5.97 Å². The van der Waals surface area contributed by atoms with Crippen molar-refractivity contribution < 1.29 is 19.1 Å². The van der Waals surface area contributed by atoms with Crippen LogP contribution >= 0.6 is 0 Å². The number of rotatable bonds is 8. The van der Waals surface area contributed by atoms with Crippen LogP contribution < -0.4 is 5.32 Å². The minimum atomic E-state index is -0.806. The highest BCUT2D eigenvalue weighted by Gasteiger charge is 2.13. The number of hydrogen-bond acceptors (Lipinski definition) is 2. The Morgan fingerprint density at radius 1 is 1.33 bits per heavy atom. The summed E-state index contributed by atoms with van der Waals surface area (Å²) in [6, 6.07) is 4.42. The molecule has 0 saturated heterocycles. The molecule has 0 saturated carbocycles. The van der Waals surface area contributed by atoms with Gasteiger partial charge in [0.2, 0.25) is 0 Å². The largest absolute Gasteiger partial charge is 0.481 e. The Morgan fingerprint density at radius 2 is 2.05 bits per heavy atom. The third-order valence-electron chi connectivity index (χ3n) is 3.55. The molecule has 5 heteroatoms. The second-order valence-electron chi connectivity index (χ2n) is 5.23. The van der Waals surface area contributed by atoms with Gasteiger partial charge in [-0.05, 0) is 37.8 Å². The molecule has 1 rings (SSSR count). The van der Waals surface area contributed by atoms with E-state index in [1.807, 2.05) is 6.92 Å². The van der Waals surface area contributed by atoms with Crippen molar-refractivity contribution in [2.75, 3.05) is 6.54 Å². The SMILES string of the molecule is CCC(CCNC(=O)c1cc(C)ccc1F)CCC(=O)O. The lowest BCUT2D eigenvalue weighted by Crippen LogP contribution is -2.27. The van der Waals surface area contributed by atoms with Gasteiger partial charge in [-0.3, -0.25) is 9.59 Å².